The van der Waals surface area contributed by atoms with E-state index in [1.807, 2.05) is 30.3 Å². The maximum Gasteiger partial charge on any atom is 0.405 e. The van der Waals surface area contributed by atoms with E-state index < -0.39 is 24.5 Å². The molecular formula is C21H17F3N4O2. The van der Waals surface area contributed by atoms with Crippen molar-refractivity contribution in [2.75, 3.05) is 11.9 Å². The van der Waals surface area contributed by atoms with Crippen LogP contribution in [-0.4, -0.2) is 34.3 Å². The molecule has 0 atom stereocenters. The number of alkyl halides is 3. The molecule has 0 saturated heterocycles. The second-order valence-corrected chi connectivity index (χ2v) is 6.26. The molecule has 0 radical (unpaired) electrons. The molecule has 1 aromatic heterocycles. The summed E-state index contributed by atoms with van der Waals surface area (Å²) >= 11 is 0. The zero-order chi connectivity index (χ0) is 21.6. The molecule has 30 heavy (non-hydrogen) atoms. The van der Waals surface area contributed by atoms with Gasteiger partial charge in [-0.05, 0) is 36.4 Å². The van der Waals surface area contributed by atoms with Crippen LogP contribution in [0.2, 0.25) is 0 Å². The fourth-order valence-electron chi connectivity index (χ4n) is 2.52. The number of hydrogen-bond donors (Lipinski definition) is 2. The molecule has 0 saturated carbocycles. The summed E-state index contributed by atoms with van der Waals surface area (Å²) < 4.78 is 38.3. The number of nitrogens with zero attached hydrogens (tertiary/aromatic N) is 2. The van der Waals surface area contributed by atoms with Crippen LogP contribution in [0.4, 0.5) is 18.9 Å². The van der Waals surface area contributed by atoms with E-state index in [4.69, 9.17) is 0 Å². The second-order valence-electron chi connectivity index (χ2n) is 6.26. The Kier molecular flexibility index (Phi) is 6.31. The van der Waals surface area contributed by atoms with Gasteiger partial charge in [-0.15, -0.1) is 0 Å². The van der Waals surface area contributed by atoms with Crippen molar-refractivity contribution in [3.05, 3.63) is 84.2 Å². The summed E-state index contributed by atoms with van der Waals surface area (Å²) in [7, 11) is 0. The predicted molar refractivity (Wildman–Crippen MR) is 106 cm³/mol. The lowest BCUT2D eigenvalue weighted by atomic mass is 10.2. The van der Waals surface area contributed by atoms with Gasteiger partial charge in [0.05, 0.1) is 11.9 Å². The van der Waals surface area contributed by atoms with Crippen molar-refractivity contribution < 1.29 is 22.8 Å². The number of para-hydroxylation sites is 1. The second kappa shape index (κ2) is 9.08. The van der Waals surface area contributed by atoms with Crippen LogP contribution in [0.1, 0.15) is 15.9 Å². The lowest BCUT2D eigenvalue weighted by Crippen LogP contribution is -2.33. The highest BCUT2D eigenvalue weighted by molar-refractivity contribution is 6.03. The van der Waals surface area contributed by atoms with E-state index in [9.17, 15) is 22.8 Å². The molecule has 0 spiro atoms. The van der Waals surface area contributed by atoms with Crippen molar-refractivity contribution >= 4 is 23.6 Å². The number of benzene rings is 2. The first-order valence-electron chi connectivity index (χ1n) is 8.84. The number of halogens is 3. The summed E-state index contributed by atoms with van der Waals surface area (Å²) in [5.74, 6) is -1.34. The van der Waals surface area contributed by atoms with E-state index in [0.29, 0.717) is 5.56 Å². The van der Waals surface area contributed by atoms with Gasteiger partial charge < -0.3 is 10.6 Å². The predicted octanol–water partition coefficient (Wildman–Crippen LogP) is 3.82. The smallest absolute Gasteiger partial charge is 0.343 e. The Morgan fingerprint density at radius 1 is 1.07 bits per heavy atom. The number of aromatic nitrogens is 2. The Balaban J connectivity index is 1.60. The molecule has 3 rings (SSSR count). The third kappa shape index (κ3) is 6.06. The highest BCUT2D eigenvalue weighted by atomic mass is 19.4. The lowest BCUT2D eigenvalue weighted by molar-refractivity contribution is -0.123. The van der Waals surface area contributed by atoms with Crippen LogP contribution >= 0.6 is 0 Å². The van der Waals surface area contributed by atoms with Gasteiger partial charge in [-0.1, -0.05) is 24.3 Å². The van der Waals surface area contributed by atoms with Crippen molar-refractivity contribution in [3.8, 4) is 5.69 Å². The average Bonchev–Trinajstić information content (AvgIpc) is 3.20. The molecule has 0 aliphatic rings. The van der Waals surface area contributed by atoms with Gasteiger partial charge in [0.1, 0.15) is 6.54 Å². The number of carbonyl (C=O) groups excluding carboxylic acids is 2. The van der Waals surface area contributed by atoms with Crippen molar-refractivity contribution in [2.24, 2.45) is 0 Å². The van der Waals surface area contributed by atoms with Crippen molar-refractivity contribution in [1.82, 2.24) is 15.1 Å². The zero-order valence-electron chi connectivity index (χ0n) is 15.6. The molecule has 0 fully saturated rings. The Hall–Kier alpha value is -3.88. The summed E-state index contributed by atoms with van der Waals surface area (Å²) in [6.45, 7) is -1.43. The molecule has 9 heteroatoms. The molecule has 2 N–H and O–H groups in total. The maximum atomic E-state index is 12.2. The Morgan fingerprint density at radius 2 is 1.83 bits per heavy atom. The van der Waals surface area contributed by atoms with Crippen LogP contribution < -0.4 is 10.6 Å². The van der Waals surface area contributed by atoms with E-state index in [1.54, 1.807) is 28.5 Å². The van der Waals surface area contributed by atoms with Crippen LogP contribution in [0.15, 0.2) is 73.1 Å². The Bertz CT molecular complexity index is 1060. The average molecular weight is 414 g/mol. The van der Waals surface area contributed by atoms with Gasteiger partial charge in [0, 0.05) is 29.1 Å². The summed E-state index contributed by atoms with van der Waals surface area (Å²) in [6, 6.07) is 15.1. The van der Waals surface area contributed by atoms with Crippen molar-refractivity contribution in [3.63, 3.8) is 0 Å². The van der Waals surface area contributed by atoms with Gasteiger partial charge in [0.2, 0.25) is 5.91 Å². The molecule has 154 valence electrons. The van der Waals surface area contributed by atoms with Crippen LogP contribution in [0.25, 0.3) is 11.8 Å². The van der Waals surface area contributed by atoms with E-state index in [2.05, 4.69) is 10.4 Å². The normalized spacial score (nSPS) is 11.4. The third-order valence-electron chi connectivity index (χ3n) is 3.89. The van der Waals surface area contributed by atoms with Gasteiger partial charge in [-0.2, -0.15) is 18.3 Å². The van der Waals surface area contributed by atoms with Gasteiger partial charge in [0.15, 0.2) is 0 Å². The standard InChI is InChI=1S/C21H17F3N4O2/c22-21(23,24)14-25-20(30)16-5-4-6-17(11-16)27-19(29)10-9-15-12-26-28(13-15)18-7-2-1-3-8-18/h1-13H,14H2,(H,25,30)(H,27,29)/b10-9+. The Morgan fingerprint density at radius 3 is 2.57 bits per heavy atom. The SMILES string of the molecule is O=C(/C=C/c1cnn(-c2ccccc2)c1)Nc1cccc(C(=O)NCC(F)(F)F)c1. The first kappa shape index (κ1) is 20.8. The fourth-order valence-corrected chi connectivity index (χ4v) is 2.52. The number of carbonyl (C=O) groups is 2. The lowest BCUT2D eigenvalue weighted by Gasteiger charge is -2.09. The first-order valence-corrected chi connectivity index (χ1v) is 8.84. The molecule has 0 bridgehead atoms. The minimum atomic E-state index is -4.50. The minimum absolute atomic E-state index is 0.00478. The van der Waals surface area contributed by atoms with Crippen molar-refractivity contribution in [1.29, 1.82) is 0 Å². The topological polar surface area (TPSA) is 76.0 Å². The highest BCUT2D eigenvalue weighted by Crippen LogP contribution is 2.15. The molecule has 0 unspecified atom stereocenters. The molecule has 3 aromatic rings. The molecule has 1 heterocycles. The molecule has 2 amide bonds. The van der Waals surface area contributed by atoms with E-state index in [0.717, 1.165) is 5.69 Å². The Labute approximate surface area is 170 Å². The third-order valence-corrected chi connectivity index (χ3v) is 3.89. The number of amides is 2. The first-order chi connectivity index (χ1) is 14.3. The zero-order valence-corrected chi connectivity index (χ0v) is 15.6. The van der Waals surface area contributed by atoms with E-state index >= 15 is 0 Å². The number of nitrogens with one attached hydrogen (secondary N) is 2. The van der Waals surface area contributed by atoms with Gasteiger partial charge in [0.25, 0.3) is 5.91 Å². The molecular weight excluding hydrogens is 397 g/mol. The number of rotatable bonds is 6. The summed E-state index contributed by atoms with van der Waals surface area (Å²) in [5.41, 5.74) is 1.87. The summed E-state index contributed by atoms with van der Waals surface area (Å²) in [5, 5.41) is 8.57. The molecule has 0 aliphatic heterocycles. The molecule has 6 nitrogen and oxygen atoms in total. The quantitative estimate of drug-likeness (QED) is 0.602. The van der Waals surface area contributed by atoms with Crippen LogP contribution in [0.3, 0.4) is 0 Å². The highest BCUT2D eigenvalue weighted by Gasteiger charge is 2.27. The van der Waals surface area contributed by atoms with Gasteiger partial charge in [-0.25, -0.2) is 4.68 Å². The number of hydrogen-bond acceptors (Lipinski definition) is 3. The number of anilines is 1. The van der Waals surface area contributed by atoms with Crippen LogP contribution in [0.5, 0.6) is 0 Å². The van der Waals surface area contributed by atoms with E-state index in [-0.39, 0.29) is 11.3 Å². The largest absolute Gasteiger partial charge is 0.405 e. The summed E-state index contributed by atoms with van der Waals surface area (Å²) in [6.07, 6.45) is 1.72. The van der Waals surface area contributed by atoms with Crippen LogP contribution in [0, 0.1) is 0 Å². The van der Waals surface area contributed by atoms with Crippen molar-refractivity contribution in [2.45, 2.75) is 6.18 Å². The fraction of sp³-hybridized carbons (Fsp3) is 0.0952. The van der Waals surface area contributed by atoms with Crippen LogP contribution in [-0.2, 0) is 4.79 Å². The summed E-state index contributed by atoms with van der Waals surface area (Å²) in [4.78, 5) is 23.9. The molecule has 2 aromatic carbocycles. The monoisotopic (exact) mass is 414 g/mol. The van der Waals surface area contributed by atoms with Gasteiger partial charge in [-0.3, -0.25) is 9.59 Å². The van der Waals surface area contributed by atoms with E-state index in [1.165, 1.54) is 30.3 Å². The maximum absolute atomic E-state index is 12.2. The minimum Gasteiger partial charge on any atom is -0.343 e. The van der Waals surface area contributed by atoms with Gasteiger partial charge >= 0.3 is 6.18 Å². The molecule has 0 aliphatic carbocycles.